The molecule has 4 heteroatoms. The van der Waals surface area contributed by atoms with Gasteiger partial charge in [0.05, 0.1) is 0 Å². The molecule has 1 N–H and O–H groups in total. The van der Waals surface area contributed by atoms with Crippen LogP contribution >= 0.6 is 0 Å². The van der Waals surface area contributed by atoms with Gasteiger partial charge in [-0.3, -0.25) is 0 Å². The first-order valence-corrected chi connectivity index (χ1v) is 5.09. The number of carboxylic acid groups (broad SMARTS) is 1. The van der Waals surface area contributed by atoms with E-state index in [0.717, 1.165) is 5.56 Å². The maximum Gasteiger partial charge on any atom is 0.339 e. The normalized spacial score (nSPS) is 9.94. The van der Waals surface area contributed by atoms with Crippen molar-refractivity contribution in [1.82, 2.24) is 4.98 Å². The summed E-state index contributed by atoms with van der Waals surface area (Å²) in [6.45, 7) is 1.91. The first kappa shape index (κ1) is 11.1. The zero-order chi connectivity index (χ0) is 12.3. The molecule has 0 saturated heterocycles. The van der Waals surface area contributed by atoms with Gasteiger partial charge in [-0.25, -0.2) is 9.78 Å². The Hall–Kier alpha value is -2.36. The van der Waals surface area contributed by atoms with Crippen molar-refractivity contribution in [3.8, 4) is 11.6 Å². The fourth-order valence-corrected chi connectivity index (χ4v) is 1.41. The fraction of sp³-hybridized carbons (Fsp3) is 0.0769. The zero-order valence-corrected chi connectivity index (χ0v) is 9.25. The summed E-state index contributed by atoms with van der Waals surface area (Å²) in [5, 5.41) is 9.00. The third-order valence-corrected chi connectivity index (χ3v) is 2.22. The third kappa shape index (κ3) is 2.60. The largest absolute Gasteiger partial charge is 0.478 e. The van der Waals surface area contributed by atoms with E-state index in [9.17, 15) is 4.79 Å². The number of pyridine rings is 1. The molecule has 17 heavy (non-hydrogen) atoms. The highest BCUT2D eigenvalue weighted by molar-refractivity contribution is 5.90. The first-order chi connectivity index (χ1) is 8.16. The van der Waals surface area contributed by atoms with E-state index in [4.69, 9.17) is 9.84 Å². The second kappa shape index (κ2) is 4.65. The lowest BCUT2D eigenvalue weighted by molar-refractivity contribution is 0.0694. The Kier molecular flexibility index (Phi) is 3.05. The van der Waals surface area contributed by atoms with Crippen molar-refractivity contribution in [2.24, 2.45) is 0 Å². The Morgan fingerprint density at radius 1 is 1.29 bits per heavy atom. The molecule has 4 nitrogen and oxygen atoms in total. The van der Waals surface area contributed by atoms with Crippen LogP contribution < -0.4 is 4.74 Å². The highest BCUT2D eigenvalue weighted by Gasteiger charge is 2.11. The molecule has 0 aliphatic heterocycles. The number of nitrogens with zero attached hydrogens (tertiary/aromatic N) is 1. The molecule has 2 aromatic rings. The lowest BCUT2D eigenvalue weighted by Crippen LogP contribution is -2.00. The molecular formula is C13H11NO3. The van der Waals surface area contributed by atoms with E-state index in [0.29, 0.717) is 5.88 Å². The van der Waals surface area contributed by atoms with Gasteiger partial charge in [0.2, 0.25) is 5.88 Å². The van der Waals surface area contributed by atoms with Crippen LogP contribution in [0.5, 0.6) is 11.6 Å². The van der Waals surface area contributed by atoms with Gasteiger partial charge in [0, 0.05) is 12.3 Å². The van der Waals surface area contributed by atoms with Crippen LogP contribution in [0.1, 0.15) is 15.9 Å². The number of hydrogen-bond acceptors (Lipinski definition) is 3. The average molecular weight is 229 g/mol. The lowest BCUT2D eigenvalue weighted by atomic mass is 10.2. The summed E-state index contributed by atoms with van der Waals surface area (Å²) in [5.41, 5.74) is 1.12. The minimum Gasteiger partial charge on any atom is -0.478 e. The van der Waals surface area contributed by atoms with E-state index < -0.39 is 5.97 Å². The summed E-state index contributed by atoms with van der Waals surface area (Å²) in [5.74, 6) is -0.343. The maximum absolute atomic E-state index is 11.0. The molecule has 0 saturated carbocycles. The first-order valence-electron chi connectivity index (χ1n) is 5.09. The quantitative estimate of drug-likeness (QED) is 0.879. The monoisotopic (exact) mass is 229 g/mol. The van der Waals surface area contributed by atoms with Gasteiger partial charge >= 0.3 is 5.97 Å². The van der Waals surface area contributed by atoms with Crippen LogP contribution in [0.4, 0.5) is 0 Å². The van der Waals surface area contributed by atoms with Crippen molar-refractivity contribution in [2.75, 3.05) is 0 Å². The third-order valence-electron chi connectivity index (χ3n) is 2.22. The van der Waals surface area contributed by atoms with E-state index in [-0.39, 0.29) is 11.3 Å². The van der Waals surface area contributed by atoms with Gasteiger partial charge in [0.15, 0.2) is 0 Å². The molecule has 86 valence electrons. The summed E-state index contributed by atoms with van der Waals surface area (Å²) in [4.78, 5) is 15.0. The second-order valence-corrected chi connectivity index (χ2v) is 3.57. The molecule has 1 aromatic heterocycles. The second-order valence-electron chi connectivity index (χ2n) is 3.57. The van der Waals surface area contributed by atoms with Gasteiger partial charge in [-0.1, -0.05) is 12.1 Å². The fourth-order valence-electron chi connectivity index (χ4n) is 1.41. The summed E-state index contributed by atoms with van der Waals surface area (Å²) in [6.07, 6.45) is 1.62. The SMILES string of the molecule is Cc1ccnc(Oc2ccccc2C(=O)O)c1. The number of carbonyl (C=O) groups is 1. The summed E-state index contributed by atoms with van der Waals surface area (Å²) in [6, 6.07) is 10.1. The molecular weight excluding hydrogens is 218 g/mol. The zero-order valence-electron chi connectivity index (χ0n) is 9.25. The van der Waals surface area contributed by atoms with Crippen molar-refractivity contribution in [3.05, 3.63) is 53.7 Å². The number of para-hydroxylation sites is 1. The summed E-state index contributed by atoms with van der Waals surface area (Å²) in [7, 11) is 0. The Balaban J connectivity index is 2.33. The van der Waals surface area contributed by atoms with E-state index in [1.54, 1.807) is 30.5 Å². The predicted molar refractivity (Wildman–Crippen MR) is 62.4 cm³/mol. The van der Waals surface area contributed by atoms with Crippen LogP contribution in [0.25, 0.3) is 0 Å². The standard InChI is InChI=1S/C13H11NO3/c1-9-6-7-14-12(8-9)17-11-5-3-2-4-10(11)13(15)16/h2-8H,1H3,(H,15,16). The van der Waals surface area contributed by atoms with Crippen molar-refractivity contribution in [2.45, 2.75) is 6.92 Å². The van der Waals surface area contributed by atoms with Crippen LogP contribution in [0.3, 0.4) is 0 Å². The van der Waals surface area contributed by atoms with Gasteiger partial charge < -0.3 is 9.84 Å². The minimum absolute atomic E-state index is 0.121. The molecule has 0 amide bonds. The van der Waals surface area contributed by atoms with Crippen molar-refractivity contribution < 1.29 is 14.6 Å². The Labute approximate surface area is 98.5 Å². The van der Waals surface area contributed by atoms with E-state index in [1.165, 1.54) is 6.07 Å². The molecule has 0 fully saturated rings. The molecule has 0 aliphatic carbocycles. The lowest BCUT2D eigenvalue weighted by Gasteiger charge is -2.07. The topological polar surface area (TPSA) is 59.4 Å². The van der Waals surface area contributed by atoms with Crippen molar-refractivity contribution in [3.63, 3.8) is 0 Å². The number of aromatic carboxylic acids is 1. The van der Waals surface area contributed by atoms with Crippen LogP contribution in [0.15, 0.2) is 42.6 Å². The molecule has 0 unspecified atom stereocenters. The number of rotatable bonds is 3. The molecule has 0 radical (unpaired) electrons. The van der Waals surface area contributed by atoms with Crippen LogP contribution in [0.2, 0.25) is 0 Å². The summed E-state index contributed by atoms with van der Waals surface area (Å²) < 4.78 is 5.46. The molecule has 2 rings (SSSR count). The van der Waals surface area contributed by atoms with E-state index in [1.807, 2.05) is 13.0 Å². The number of ether oxygens (including phenoxy) is 1. The number of hydrogen-bond donors (Lipinski definition) is 1. The highest BCUT2D eigenvalue weighted by Crippen LogP contribution is 2.24. The van der Waals surface area contributed by atoms with Gasteiger partial charge in [-0.2, -0.15) is 0 Å². The number of aryl methyl sites for hydroxylation is 1. The van der Waals surface area contributed by atoms with Crippen molar-refractivity contribution in [1.29, 1.82) is 0 Å². The Morgan fingerprint density at radius 2 is 2.06 bits per heavy atom. The van der Waals surface area contributed by atoms with Gasteiger partial charge in [-0.15, -0.1) is 0 Å². The number of benzene rings is 1. The van der Waals surface area contributed by atoms with Crippen LogP contribution in [-0.4, -0.2) is 16.1 Å². The van der Waals surface area contributed by atoms with Crippen LogP contribution in [-0.2, 0) is 0 Å². The highest BCUT2D eigenvalue weighted by atomic mass is 16.5. The Bertz CT molecular complexity index is 552. The number of aromatic nitrogens is 1. The van der Waals surface area contributed by atoms with Gasteiger partial charge in [-0.05, 0) is 30.7 Å². The average Bonchev–Trinajstić information content (AvgIpc) is 2.29. The molecule has 1 aromatic carbocycles. The predicted octanol–water partition coefficient (Wildman–Crippen LogP) is 2.88. The van der Waals surface area contributed by atoms with Crippen molar-refractivity contribution >= 4 is 5.97 Å². The molecule has 0 aliphatic rings. The number of carboxylic acids is 1. The molecule has 0 bridgehead atoms. The Morgan fingerprint density at radius 3 is 2.76 bits per heavy atom. The smallest absolute Gasteiger partial charge is 0.339 e. The molecule has 0 spiro atoms. The molecule has 1 heterocycles. The molecule has 0 atom stereocenters. The van der Waals surface area contributed by atoms with Gasteiger partial charge in [0.1, 0.15) is 11.3 Å². The van der Waals surface area contributed by atoms with E-state index in [2.05, 4.69) is 4.98 Å². The van der Waals surface area contributed by atoms with E-state index >= 15 is 0 Å². The minimum atomic E-state index is -1.02. The summed E-state index contributed by atoms with van der Waals surface area (Å²) >= 11 is 0. The van der Waals surface area contributed by atoms with Crippen LogP contribution in [0, 0.1) is 6.92 Å². The maximum atomic E-state index is 11.0. The van der Waals surface area contributed by atoms with Gasteiger partial charge in [0.25, 0.3) is 0 Å².